The molecule has 2 N–H and O–H groups in total. The molecule has 1 unspecified atom stereocenters. The van der Waals surface area contributed by atoms with Gasteiger partial charge < -0.3 is 10.5 Å². The molecule has 0 radical (unpaired) electrons. The van der Waals surface area contributed by atoms with Gasteiger partial charge in [0.2, 0.25) is 0 Å². The average Bonchev–Trinajstić information content (AvgIpc) is 2.53. The van der Waals surface area contributed by atoms with E-state index in [0.29, 0.717) is 12.5 Å². The number of methoxy groups -OCH3 is 1. The lowest BCUT2D eigenvalue weighted by Gasteiger charge is -2.19. The van der Waals surface area contributed by atoms with Crippen LogP contribution in [0.2, 0.25) is 0 Å². The summed E-state index contributed by atoms with van der Waals surface area (Å²) in [5, 5.41) is 0. The number of aryl methyl sites for hydroxylation is 2. The van der Waals surface area contributed by atoms with Crippen LogP contribution < -0.4 is 10.5 Å². The molecule has 2 rings (SSSR count). The van der Waals surface area contributed by atoms with E-state index in [1.165, 1.54) is 22.3 Å². The van der Waals surface area contributed by atoms with Crippen LogP contribution in [0.3, 0.4) is 0 Å². The average molecular weight is 283 g/mol. The number of hydrogen-bond acceptors (Lipinski definition) is 2. The van der Waals surface area contributed by atoms with Crippen LogP contribution in [0, 0.1) is 6.92 Å². The fraction of sp³-hybridized carbons (Fsp3) is 0.368. The monoisotopic (exact) mass is 283 g/mol. The predicted molar refractivity (Wildman–Crippen MR) is 89.1 cm³/mol. The first-order valence-corrected chi connectivity index (χ1v) is 7.61. The molecule has 0 saturated carbocycles. The number of benzene rings is 2. The molecule has 0 aromatic heterocycles. The van der Waals surface area contributed by atoms with Crippen molar-refractivity contribution < 1.29 is 4.74 Å². The van der Waals surface area contributed by atoms with Gasteiger partial charge in [-0.05, 0) is 54.6 Å². The SMILES string of the molecule is CCc1ccc(OC)c(CC(CN)c2ccccc2C)c1. The molecule has 21 heavy (non-hydrogen) atoms. The van der Waals surface area contributed by atoms with Crippen molar-refractivity contribution in [3.8, 4) is 5.75 Å². The smallest absolute Gasteiger partial charge is 0.122 e. The van der Waals surface area contributed by atoms with Crippen molar-refractivity contribution in [3.05, 3.63) is 64.7 Å². The molecular formula is C19H25NO. The lowest BCUT2D eigenvalue weighted by molar-refractivity contribution is 0.408. The van der Waals surface area contributed by atoms with Gasteiger partial charge in [-0.15, -0.1) is 0 Å². The normalized spacial score (nSPS) is 12.2. The van der Waals surface area contributed by atoms with Gasteiger partial charge in [0.1, 0.15) is 5.75 Å². The molecule has 112 valence electrons. The van der Waals surface area contributed by atoms with Crippen molar-refractivity contribution in [1.82, 2.24) is 0 Å². The molecular weight excluding hydrogens is 258 g/mol. The molecule has 0 heterocycles. The van der Waals surface area contributed by atoms with Gasteiger partial charge in [0.05, 0.1) is 7.11 Å². The maximum absolute atomic E-state index is 6.04. The molecule has 2 heteroatoms. The quantitative estimate of drug-likeness (QED) is 0.874. The van der Waals surface area contributed by atoms with Crippen molar-refractivity contribution >= 4 is 0 Å². The van der Waals surface area contributed by atoms with E-state index in [1.54, 1.807) is 7.11 Å². The number of ether oxygens (including phenoxy) is 1. The molecule has 2 nitrogen and oxygen atoms in total. The maximum atomic E-state index is 6.04. The summed E-state index contributed by atoms with van der Waals surface area (Å²) >= 11 is 0. The first-order valence-electron chi connectivity index (χ1n) is 7.61. The fourth-order valence-corrected chi connectivity index (χ4v) is 2.84. The van der Waals surface area contributed by atoms with Crippen molar-refractivity contribution in [3.63, 3.8) is 0 Å². The van der Waals surface area contributed by atoms with Crippen molar-refractivity contribution in [2.45, 2.75) is 32.6 Å². The van der Waals surface area contributed by atoms with Crippen LogP contribution in [0.1, 0.15) is 35.1 Å². The van der Waals surface area contributed by atoms with Gasteiger partial charge in [0.15, 0.2) is 0 Å². The lowest BCUT2D eigenvalue weighted by Crippen LogP contribution is -2.16. The highest BCUT2D eigenvalue weighted by molar-refractivity contribution is 5.40. The summed E-state index contributed by atoms with van der Waals surface area (Å²) < 4.78 is 5.52. The first-order chi connectivity index (χ1) is 10.2. The Hall–Kier alpha value is -1.80. The second-order valence-corrected chi connectivity index (χ2v) is 5.49. The van der Waals surface area contributed by atoms with E-state index in [9.17, 15) is 0 Å². The number of rotatable bonds is 6. The van der Waals surface area contributed by atoms with E-state index in [4.69, 9.17) is 10.5 Å². The fourth-order valence-electron chi connectivity index (χ4n) is 2.84. The van der Waals surface area contributed by atoms with Crippen LogP contribution in [0.5, 0.6) is 5.75 Å². The molecule has 0 saturated heterocycles. The van der Waals surface area contributed by atoms with Gasteiger partial charge in [-0.3, -0.25) is 0 Å². The molecule has 0 spiro atoms. The van der Waals surface area contributed by atoms with E-state index in [0.717, 1.165) is 18.6 Å². The first kappa shape index (κ1) is 15.6. The molecule has 0 fully saturated rings. The minimum Gasteiger partial charge on any atom is -0.496 e. The minimum atomic E-state index is 0.326. The third-order valence-electron chi connectivity index (χ3n) is 4.13. The summed E-state index contributed by atoms with van der Waals surface area (Å²) in [7, 11) is 1.73. The zero-order valence-corrected chi connectivity index (χ0v) is 13.2. The number of nitrogens with two attached hydrogens (primary N) is 1. The predicted octanol–water partition coefficient (Wildman–Crippen LogP) is 3.85. The molecule has 0 aliphatic carbocycles. The van der Waals surface area contributed by atoms with E-state index < -0.39 is 0 Å². The van der Waals surface area contributed by atoms with Crippen molar-refractivity contribution in [1.29, 1.82) is 0 Å². The zero-order chi connectivity index (χ0) is 15.2. The summed E-state index contributed by atoms with van der Waals surface area (Å²) in [6.07, 6.45) is 1.95. The van der Waals surface area contributed by atoms with Crippen LogP contribution >= 0.6 is 0 Å². The molecule has 0 bridgehead atoms. The topological polar surface area (TPSA) is 35.2 Å². The Labute approximate surface area is 127 Å². The molecule has 2 aromatic carbocycles. The van der Waals surface area contributed by atoms with Crippen LogP contribution in [-0.2, 0) is 12.8 Å². The van der Waals surface area contributed by atoms with Crippen LogP contribution in [0.4, 0.5) is 0 Å². The Morgan fingerprint density at radius 3 is 2.52 bits per heavy atom. The highest BCUT2D eigenvalue weighted by Gasteiger charge is 2.15. The third kappa shape index (κ3) is 3.64. The van der Waals surface area contributed by atoms with Gasteiger partial charge in [0, 0.05) is 5.92 Å². The van der Waals surface area contributed by atoms with E-state index in [-0.39, 0.29) is 0 Å². The maximum Gasteiger partial charge on any atom is 0.122 e. The van der Waals surface area contributed by atoms with Gasteiger partial charge in [0.25, 0.3) is 0 Å². The Morgan fingerprint density at radius 2 is 1.90 bits per heavy atom. The molecule has 0 amide bonds. The van der Waals surface area contributed by atoms with Crippen molar-refractivity contribution in [2.24, 2.45) is 5.73 Å². The van der Waals surface area contributed by atoms with Gasteiger partial charge in [-0.2, -0.15) is 0 Å². The summed E-state index contributed by atoms with van der Waals surface area (Å²) in [4.78, 5) is 0. The van der Waals surface area contributed by atoms with E-state index in [2.05, 4.69) is 56.3 Å². The Balaban J connectivity index is 2.32. The number of hydrogen-bond donors (Lipinski definition) is 1. The van der Waals surface area contributed by atoms with Gasteiger partial charge in [-0.25, -0.2) is 0 Å². The van der Waals surface area contributed by atoms with Crippen LogP contribution in [-0.4, -0.2) is 13.7 Å². The summed E-state index contributed by atoms with van der Waals surface area (Å²) in [6, 6.07) is 14.9. The highest BCUT2D eigenvalue weighted by atomic mass is 16.5. The summed E-state index contributed by atoms with van der Waals surface area (Å²) in [6.45, 7) is 4.97. The van der Waals surface area contributed by atoms with E-state index >= 15 is 0 Å². The minimum absolute atomic E-state index is 0.326. The molecule has 0 aliphatic rings. The van der Waals surface area contributed by atoms with Gasteiger partial charge >= 0.3 is 0 Å². The second-order valence-electron chi connectivity index (χ2n) is 5.49. The standard InChI is InChI=1S/C19H25NO/c1-4-15-9-10-19(21-3)16(11-15)12-17(13-20)18-8-6-5-7-14(18)2/h5-11,17H,4,12-13,20H2,1-3H3. The third-order valence-corrected chi connectivity index (χ3v) is 4.13. The molecule has 1 atom stereocenters. The molecule has 2 aromatic rings. The Bertz CT molecular complexity index is 592. The Kier molecular flexibility index (Phi) is 5.40. The van der Waals surface area contributed by atoms with Crippen molar-refractivity contribution in [2.75, 3.05) is 13.7 Å². The Morgan fingerprint density at radius 1 is 1.14 bits per heavy atom. The highest BCUT2D eigenvalue weighted by Crippen LogP contribution is 2.28. The van der Waals surface area contributed by atoms with E-state index in [1.807, 2.05) is 0 Å². The van der Waals surface area contributed by atoms with Crippen LogP contribution in [0.15, 0.2) is 42.5 Å². The second kappa shape index (κ2) is 7.28. The largest absolute Gasteiger partial charge is 0.496 e. The molecule has 0 aliphatic heterocycles. The summed E-state index contributed by atoms with van der Waals surface area (Å²) in [5.41, 5.74) is 11.3. The zero-order valence-electron chi connectivity index (χ0n) is 13.2. The summed E-state index contributed by atoms with van der Waals surface area (Å²) in [5.74, 6) is 1.28. The lowest BCUT2D eigenvalue weighted by atomic mass is 9.88. The van der Waals surface area contributed by atoms with Gasteiger partial charge in [-0.1, -0.05) is 43.3 Å². The van der Waals surface area contributed by atoms with Crippen LogP contribution in [0.25, 0.3) is 0 Å².